The second-order valence-corrected chi connectivity index (χ2v) is 6.21. The fourth-order valence-electron chi connectivity index (χ4n) is 2.40. The standard InChI is InChI=1S/C15H18N2S/c1-11-7-8-13-14(9-11)18-15(17-13)10-16-12-5-3-2-4-6-12/h2-6,11,16H,7-10H2,1H3. The molecule has 1 aliphatic carbocycles. The Morgan fingerprint density at radius 3 is 3.00 bits per heavy atom. The predicted octanol–water partition coefficient (Wildman–Crippen LogP) is 3.88. The molecule has 1 aliphatic rings. The van der Waals surface area contributed by atoms with Gasteiger partial charge in [0.2, 0.25) is 0 Å². The molecule has 94 valence electrons. The summed E-state index contributed by atoms with van der Waals surface area (Å²) in [5.41, 5.74) is 2.52. The van der Waals surface area contributed by atoms with Crippen molar-refractivity contribution in [3.63, 3.8) is 0 Å². The van der Waals surface area contributed by atoms with Crippen LogP contribution in [0, 0.1) is 5.92 Å². The van der Waals surface area contributed by atoms with Gasteiger partial charge in [-0.2, -0.15) is 0 Å². The van der Waals surface area contributed by atoms with Gasteiger partial charge in [-0.05, 0) is 37.3 Å². The van der Waals surface area contributed by atoms with Gasteiger partial charge < -0.3 is 5.32 Å². The molecule has 0 bridgehead atoms. The molecule has 1 N–H and O–H groups in total. The van der Waals surface area contributed by atoms with Crippen molar-refractivity contribution in [2.45, 2.75) is 32.7 Å². The minimum Gasteiger partial charge on any atom is -0.379 e. The zero-order valence-corrected chi connectivity index (χ0v) is 11.5. The summed E-state index contributed by atoms with van der Waals surface area (Å²) in [6.45, 7) is 3.18. The lowest BCUT2D eigenvalue weighted by atomic mass is 9.93. The van der Waals surface area contributed by atoms with E-state index in [-0.39, 0.29) is 0 Å². The van der Waals surface area contributed by atoms with Crippen molar-refractivity contribution in [2.75, 3.05) is 5.32 Å². The highest BCUT2D eigenvalue weighted by molar-refractivity contribution is 7.11. The first-order valence-corrected chi connectivity index (χ1v) is 7.39. The van der Waals surface area contributed by atoms with Crippen LogP contribution in [0.3, 0.4) is 0 Å². The van der Waals surface area contributed by atoms with Gasteiger partial charge in [-0.15, -0.1) is 11.3 Å². The Hall–Kier alpha value is -1.35. The number of nitrogens with zero attached hydrogens (tertiary/aromatic N) is 1. The molecule has 0 saturated heterocycles. The third-order valence-corrected chi connectivity index (χ3v) is 4.57. The summed E-state index contributed by atoms with van der Waals surface area (Å²) < 4.78 is 0. The molecule has 1 heterocycles. The van der Waals surface area contributed by atoms with Gasteiger partial charge in [-0.1, -0.05) is 25.1 Å². The number of hydrogen-bond acceptors (Lipinski definition) is 3. The average Bonchev–Trinajstić information content (AvgIpc) is 2.79. The number of rotatable bonds is 3. The Morgan fingerprint density at radius 2 is 2.17 bits per heavy atom. The van der Waals surface area contributed by atoms with Crippen LogP contribution in [0.1, 0.15) is 28.9 Å². The lowest BCUT2D eigenvalue weighted by molar-refractivity contribution is 0.501. The molecule has 18 heavy (non-hydrogen) atoms. The van der Waals surface area contributed by atoms with Crippen molar-refractivity contribution in [1.29, 1.82) is 0 Å². The van der Waals surface area contributed by atoms with Crippen molar-refractivity contribution < 1.29 is 0 Å². The van der Waals surface area contributed by atoms with Crippen LogP contribution in [0.15, 0.2) is 30.3 Å². The monoisotopic (exact) mass is 258 g/mol. The lowest BCUT2D eigenvalue weighted by Crippen LogP contribution is -2.09. The highest BCUT2D eigenvalue weighted by atomic mass is 32.1. The van der Waals surface area contributed by atoms with Crippen molar-refractivity contribution in [1.82, 2.24) is 4.98 Å². The number of para-hydroxylation sites is 1. The molecule has 1 unspecified atom stereocenters. The van der Waals surface area contributed by atoms with E-state index >= 15 is 0 Å². The van der Waals surface area contributed by atoms with Crippen LogP contribution in [-0.2, 0) is 19.4 Å². The fraction of sp³-hybridized carbons (Fsp3) is 0.400. The van der Waals surface area contributed by atoms with E-state index in [1.54, 1.807) is 0 Å². The van der Waals surface area contributed by atoms with Gasteiger partial charge in [0.25, 0.3) is 0 Å². The number of benzene rings is 1. The summed E-state index contributed by atoms with van der Waals surface area (Å²) >= 11 is 1.88. The number of aromatic nitrogens is 1. The maximum atomic E-state index is 4.76. The molecule has 1 aromatic carbocycles. The average molecular weight is 258 g/mol. The zero-order valence-electron chi connectivity index (χ0n) is 10.6. The van der Waals surface area contributed by atoms with Gasteiger partial charge in [0, 0.05) is 10.6 Å². The third kappa shape index (κ3) is 2.56. The summed E-state index contributed by atoms with van der Waals surface area (Å²) in [4.78, 5) is 6.27. The van der Waals surface area contributed by atoms with Gasteiger partial charge >= 0.3 is 0 Å². The first-order valence-electron chi connectivity index (χ1n) is 6.57. The first-order chi connectivity index (χ1) is 8.81. The summed E-state index contributed by atoms with van der Waals surface area (Å²) in [5, 5.41) is 4.65. The van der Waals surface area contributed by atoms with Gasteiger partial charge in [0.1, 0.15) is 5.01 Å². The second-order valence-electron chi connectivity index (χ2n) is 5.05. The number of aryl methyl sites for hydroxylation is 1. The minimum absolute atomic E-state index is 0.827. The predicted molar refractivity (Wildman–Crippen MR) is 77.1 cm³/mol. The molecule has 2 nitrogen and oxygen atoms in total. The molecule has 1 aromatic heterocycles. The van der Waals surface area contributed by atoms with Crippen LogP contribution in [0.25, 0.3) is 0 Å². The van der Waals surface area contributed by atoms with Crippen molar-refractivity contribution in [3.8, 4) is 0 Å². The van der Waals surface area contributed by atoms with E-state index in [1.165, 1.54) is 40.5 Å². The number of anilines is 1. The normalized spacial score (nSPS) is 18.4. The SMILES string of the molecule is CC1CCc2nc(CNc3ccccc3)sc2C1. The number of nitrogens with one attached hydrogen (secondary N) is 1. The molecule has 0 saturated carbocycles. The van der Waals surface area contributed by atoms with Crippen molar-refractivity contribution in [3.05, 3.63) is 45.9 Å². The second kappa shape index (κ2) is 5.11. The molecule has 0 spiro atoms. The molecule has 0 radical (unpaired) electrons. The van der Waals surface area contributed by atoms with E-state index in [4.69, 9.17) is 4.98 Å². The zero-order chi connectivity index (χ0) is 12.4. The van der Waals surface area contributed by atoms with Gasteiger partial charge in [0.15, 0.2) is 0 Å². The third-order valence-electron chi connectivity index (χ3n) is 3.45. The summed E-state index contributed by atoms with van der Waals surface area (Å²) in [5.74, 6) is 0.827. The molecule has 3 heteroatoms. The van der Waals surface area contributed by atoms with Gasteiger partial charge in [0.05, 0.1) is 12.2 Å². The molecule has 2 aromatic rings. The highest BCUT2D eigenvalue weighted by Crippen LogP contribution is 2.29. The van der Waals surface area contributed by atoms with E-state index in [2.05, 4.69) is 36.5 Å². The quantitative estimate of drug-likeness (QED) is 0.903. The number of hydrogen-bond donors (Lipinski definition) is 1. The lowest BCUT2D eigenvalue weighted by Gasteiger charge is -2.15. The van der Waals surface area contributed by atoms with E-state index in [0.717, 1.165) is 12.5 Å². The van der Waals surface area contributed by atoms with Crippen LogP contribution in [-0.4, -0.2) is 4.98 Å². The summed E-state index contributed by atoms with van der Waals surface area (Å²) in [6, 6.07) is 10.3. The van der Waals surface area contributed by atoms with E-state index in [1.807, 2.05) is 17.4 Å². The maximum Gasteiger partial charge on any atom is 0.112 e. The highest BCUT2D eigenvalue weighted by Gasteiger charge is 2.19. The number of thiazole rings is 1. The summed E-state index contributed by atoms with van der Waals surface area (Å²) in [7, 11) is 0. The minimum atomic E-state index is 0.827. The van der Waals surface area contributed by atoms with E-state index in [9.17, 15) is 0 Å². The van der Waals surface area contributed by atoms with Crippen molar-refractivity contribution in [2.24, 2.45) is 5.92 Å². The molecule has 0 aliphatic heterocycles. The fourth-order valence-corrected chi connectivity index (χ4v) is 3.62. The molecule has 3 rings (SSSR count). The number of fused-ring (bicyclic) bond motifs is 1. The molecular weight excluding hydrogens is 240 g/mol. The van der Waals surface area contributed by atoms with Crippen molar-refractivity contribution >= 4 is 17.0 Å². The largest absolute Gasteiger partial charge is 0.379 e. The van der Waals surface area contributed by atoms with Crippen LogP contribution < -0.4 is 5.32 Å². The molecule has 0 fully saturated rings. The maximum absolute atomic E-state index is 4.76. The smallest absolute Gasteiger partial charge is 0.112 e. The summed E-state index contributed by atoms with van der Waals surface area (Å²) in [6.07, 6.45) is 3.68. The Morgan fingerprint density at radius 1 is 1.33 bits per heavy atom. The Labute approximate surface area is 112 Å². The van der Waals surface area contributed by atoms with Crippen LogP contribution in [0.5, 0.6) is 0 Å². The Bertz CT molecular complexity index is 519. The molecular formula is C15H18N2S. The van der Waals surface area contributed by atoms with Crippen LogP contribution in [0.4, 0.5) is 5.69 Å². The first kappa shape index (κ1) is 11.7. The van der Waals surface area contributed by atoms with Crippen LogP contribution in [0.2, 0.25) is 0 Å². The van der Waals surface area contributed by atoms with Gasteiger partial charge in [-0.3, -0.25) is 0 Å². The van der Waals surface area contributed by atoms with Crippen LogP contribution >= 0.6 is 11.3 Å². The topological polar surface area (TPSA) is 24.9 Å². The van der Waals surface area contributed by atoms with Gasteiger partial charge in [-0.25, -0.2) is 4.98 Å². The molecule has 1 atom stereocenters. The Kier molecular flexibility index (Phi) is 3.33. The van der Waals surface area contributed by atoms with E-state index < -0.39 is 0 Å². The molecule has 0 amide bonds. The van der Waals surface area contributed by atoms with E-state index in [0.29, 0.717) is 0 Å². The Balaban J connectivity index is 1.67.